The maximum Gasteiger partial charge on any atom is 0.0295 e. The lowest BCUT2D eigenvalue weighted by Crippen LogP contribution is -2.43. The zero-order valence-electron chi connectivity index (χ0n) is 7.22. The summed E-state index contributed by atoms with van der Waals surface area (Å²) in [6.07, 6.45) is 1.21. The average Bonchev–Trinajstić information content (AvgIpc) is 2.04. The number of hydrogen-bond acceptors (Lipinski definition) is 2. The molecule has 0 aromatic rings. The van der Waals surface area contributed by atoms with Crippen LogP contribution in [0.3, 0.4) is 0 Å². The molecule has 0 bridgehead atoms. The molecule has 2 heteroatoms. The van der Waals surface area contributed by atoms with Crippen molar-refractivity contribution in [2.45, 2.75) is 25.8 Å². The molecule has 0 aromatic carbocycles. The fourth-order valence-electron chi connectivity index (χ4n) is 1.96. The average molecular weight is 142 g/mol. The first-order chi connectivity index (χ1) is 4.56. The molecule has 0 aromatic heterocycles. The SMILES string of the molecule is CCC1CN(C)C[C@@]1(C)N. The second-order valence-corrected chi connectivity index (χ2v) is 3.81. The molecule has 2 atom stereocenters. The first-order valence-electron chi connectivity index (χ1n) is 4.03. The highest BCUT2D eigenvalue weighted by atomic mass is 15.2. The van der Waals surface area contributed by atoms with E-state index in [0.29, 0.717) is 5.92 Å². The third-order valence-electron chi connectivity index (χ3n) is 2.57. The molecule has 2 nitrogen and oxygen atoms in total. The van der Waals surface area contributed by atoms with Crippen molar-refractivity contribution in [3.05, 3.63) is 0 Å². The van der Waals surface area contributed by atoms with Gasteiger partial charge in [0.05, 0.1) is 0 Å². The topological polar surface area (TPSA) is 29.3 Å². The third-order valence-corrected chi connectivity index (χ3v) is 2.57. The standard InChI is InChI=1S/C8H18N2/c1-4-7-5-10(3)6-8(7,2)9/h7H,4-6,9H2,1-3H3/t7?,8-/m1/s1. The summed E-state index contributed by atoms with van der Waals surface area (Å²) in [6, 6.07) is 0. The minimum Gasteiger partial charge on any atom is -0.324 e. The Bertz CT molecular complexity index is 120. The summed E-state index contributed by atoms with van der Waals surface area (Å²) in [7, 11) is 2.14. The number of likely N-dealkylation sites (tertiary alicyclic amines) is 1. The van der Waals surface area contributed by atoms with Crippen LogP contribution in [0, 0.1) is 5.92 Å². The van der Waals surface area contributed by atoms with Gasteiger partial charge in [-0.2, -0.15) is 0 Å². The minimum absolute atomic E-state index is 0.0590. The number of hydrogen-bond donors (Lipinski definition) is 1. The van der Waals surface area contributed by atoms with Crippen LogP contribution in [0.25, 0.3) is 0 Å². The number of likely N-dealkylation sites (N-methyl/N-ethyl adjacent to an activating group) is 1. The van der Waals surface area contributed by atoms with Gasteiger partial charge in [-0.25, -0.2) is 0 Å². The molecule has 2 N–H and O–H groups in total. The molecular weight excluding hydrogens is 124 g/mol. The van der Waals surface area contributed by atoms with Crippen molar-refractivity contribution in [2.75, 3.05) is 20.1 Å². The van der Waals surface area contributed by atoms with E-state index in [0.717, 1.165) is 6.54 Å². The Labute approximate surface area is 63.4 Å². The smallest absolute Gasteiger partial charge is 0.0295 e. The normalized spacial score (nSPS) is 42.6. The second-order valence-electron chi connectivity index (χ2n) is 3.81. The van der Waals surface area contributed by atoms with Gasteiger partial charge < -0.3 is 10.6 Å². The van der Waals surface area contributed by atoms with Gasteiger partial charge in [-0.1, -0.05) is 13.3 Å². The molecule has 0 radical (unpaired) electrons. The summed E-state index contributed by atoms with van der Waals surface area (Å²) >= 11 is 0. The van der Waals surface area contributed by atoms with Crippen molar-refractivity contribution in [1.29, 1.82) is 0 Å². The minimum atomic E-state index is 0.0590. The van der Waals surface area contributed by atoms with Gasteiger partial charge in [0.1, 0.15) is 0 Å². The summed E-state index contributed by atoms with van der Waals surface area (Å²) in [6.45, 7) is 6.59. The van der Waals surface area contributed by atoms with Crippen LogP contribution in [0.2, 0.25) is 0 Å². The van der Waals surface area contributed by atoms with Gasteiger partial charge in [0.25, 0.3) is 0 Å². The van der Waals surface area contributed by atoms with Crippen LogP contribution in [0.1, 0.15) is 20.3 Å². The zero-order valence-corrected chi connectivity index (χ0v) is 7.22. The van der Waals surface area contributed by atoms with Crippen LogP contribution in [0.15, 0.2) is 0 Å². The molecule has 0 saturated carbocycles. The van der Waals surface area contributed by atoms with E-state index in [-0.39, 0.29) is 5.54 Å². The summed E-state index contributed by atoms with van der Waals surface area (Å²) in [4.78, 5) is 2.31. The zero-order chi connectivity index (χ0) is 7.78. The lowest BCUT2D eigenvalue weighted by molar-refractivity contribution is 0.364. The van der Waals surface area contributed by atoms with Gasteiger partial charge in [-0.3, -0.25) is 0 Å². The molecule has 1 rings (SSSR count). The Morgan fingerprint density at radius 2 is 2.30 bits per heavy atom. The molecule has 1 aliphatic heterocycles. The predicted octanol–water partition coefficient (Wildman–Crippen LogP) is 0.675. The third kappa shape index (κ3) is 1.32. The Kier molecular flexibility index (Phi) is 2.02. The Balaban J connectivity index is 2.58. The lowest BCUT2D eigenvalue weighted by atomic mass is 9.88. The summed E-state index contributed by atoms with van der Waals surface area (Å²) in [5.74, 6) is 0.692. The maximum atomic E-state index is 6.08. The Morgan fingerprint density at radius 3 is 2.50 bits per heavy atom. The Hall–Kier alpha value is -0.0800. The highest BCUT2D eigenvalue weighted by Crippen LogP contribution is 2.25. The number of nitrogens with zero attached hydrogens (tertiary/aromatic N) is 1. The molecule has 1 saturated heterocycles. The molecule has 1 aliphatic rings. The highest BCUT2D eigenvalue weighted by molar-refractivity contribution is 4.95. The molecule has 1 unspecified atom stereocenters. The largest absolute Gasteiger partial charge is 0.324 e. The second kappa shape index (κ2) is 2.51. The van der Waals surface area contributed by atoms with Crippen molar-refractivity contribution in [3.8, 4) is 0 Å². The van der Waals surface area contributed by atoms with Crippen molar-refractivity contribution < 1.29 is 0 Å². The monoisotopic (exact) mass is 142 g/mol. The van der Waals surface area contributed by atoms with Gasteiger partial charge >= 0.3 is 0 Å². The van der Waals surface area contributed by atoms with E-state index in [1.165, 1.54) is 13.0 Å². The molecule has 10 heavy (non-hydrogen) atoms. The summed E-state index contributed by atoms with van der Waals surface area (Å²) in [5.41, 5.74) is 6.14. The van der Waals surface area contributed by atoms with Crippen LogP contribution >= 0.6 is 0 Å². The summed E-state index contributed by atoms with van der Waals surface area (Å²) in [5, 5.41) is 0. The highest BCUT2D eigenvalue weighted by Gasteiger charge is 2.36. The van der Waals surface area contributed by atoms with Crippen LogP contribution in [-0.2, 0) is 0 Å². The molecule has 1 heterocycles. The first kappa shape index (κ1) is 8.02. The van der Waals surface area contributed by atoms with E-state index in [1.807, 2.05) is 0 Å². The van der Waals surface area contributed by atoms with E-state index in [1.54, 1.807) is 0 Å². The molecule has 1 fully saturated rings. The van der Waals surface area contributed by atoms with Gasteiger partial charge in [0.2, 0.25) is 0 Å². The first-order valence-corrected chi connectivity index (χ1v) is 4.03. The number of rotatable bonds is 1. The van der Waals surface area contributed by atoms with Gasteiger partial charge in [-0.05, 0) is 19.9 Å². The van der Waals surface area contributed by atoms with Crippen molar-refractivity contribution >= 4 is 0 Å². The molecule has 0 amide bonds. The molecule has 0 spiro atoms. The van der Waals surface area contributed by atoms with Crippen LogP contribution in [0.5, 0.6) is 0 Å². The van der Waals surface area contributed by atoms with Gasteiger partial charge in [0.15, 0.2) is 0 Å². The maximum absolute atomic E-state index is 6.08. The van der Waals surface area contributed by atoms with Crippen molar-refractivity contribution in [2.24, 2.45) is 11.7 Å². The van der Waals surface area contributed by atoms with Crippen LogP contribution in [0.4, 0.5) is 0 Å². The molecular formula is C8H18N2. The van der Waals surface area contributed by atoms with Crippen LogP contribution < -0.4 is 5.73 Å². The van der Waals surface area contributed by atoms with Crippen molar-refractivity contribution in [1.82, 2.24) is 4.90 Å². The van der Waals surface area contributed by atoms with E-state index < -0.39 is 0 Å². The fraction of sp³-hybridized carbons (Fsp3) is 1.00. The van der Waals surface area contributed by atoms with E-state index >= 15 is 0 Å². The van der Waals surface area contributed by atoms with E-state index in [4.69, 9.17) is 5.73 Å². The summed E-state index contributed by atoms with van der Waals surface area (Å²) < 4.78 is 0. The molecule has 60 valence electrons. The van der Waals surface area contributed by atoms with Crippen LogP contribution in [-0.4, -0.2) is 30.6 Å². The number of nitrogens with two attached hydrogens (primary N) is 1. The Morgan fingerprint density at radius 1 is 1.70 bits per heavy atom. The van der Waals surface area contributed by atoms with Gasteiger partial charge in [-0.15, -0.1) is 0 Å². The quantitative estimate of drug-likeness (QED) is 0.583. The predicted molar refractivity (Wildman–Crippen MR) is 43.9 cm³/mol. The lowest BCUT2D eigenvalue weighted by Gasteiger charge is -2.24. The van der Waals surface area contributed by atoms with Gasteiger partial charge in [0, 0.05) is 18.6 Å². The fourth-order valence-corrected chi connectivity index (χ4v) is 1.96. The van der Waals surface area contributed by atoms with E-state index in [9.17, 15) is 0 Å². The van der Waals surface area contributed by atoms with E-state index in [2.05, 4.69) is 25.8 Å². The molecule has 0 aliphatic carbocycles. The van der Waals surface area contributed by atoms with Crippen molar-refractivity contribution in [3.63, 3.8) is 0 Å².